The Morgan fingerprint density at radius 1 is 1.15 bits per heavy atom. The first-order valence-corrected chi connectivity index (χ1v) is 8.79. The molecular weight excluding hydrogens is 397 g/mol. The van der Waals surface area contributed by atoms with Gasteiger partial charge in [-0.2, -0.15) is 5.10 Å². The summed E-state index contributed by atoms with van der Waals surface area (Å²) >= 11 is 3.43. The largest absolute Gasteiger partial charge is 0.318 e. The van der Waals surface area contributed by atoms with Crippen LogP contribution in [0.5, 0.6) is 0 Å². The number of nitrogens with zero attached hydrogens (tertiary/aromatic N) is 2. The summed E-state index contributed by atoms with van der Waals surface area (Å²) in [6, 6.07) is 15.8. The third-order valence-electron chi connectivity index (χ3n) is 4.04. The van der Waals surface area contributed by atoms with E-state index >= 15 is 0 Å². The van der Waals surface area contributed by atoms with Gasteiger partial charge >= 0.3 is 0 Å². The molecule has 4 nitrogen and oxygen atoms in total. The third kappa shape index (κ3) is 3.75. The number of halogens is 2. The van der Waals surface area contributed by atoms with Crippen molar-refractivity contribution in [2.24, 2.45) is 5.10 Å². The van der Waals surface area contributed by atoms with Gasteiger partial charge in [-0.15, -0.1) is 0 Å². The van der Waals surface area contributed by atoms with Gasteiger partial charge in [0.15, 0.2) is 0 Å². The lowest BCUT2D eigenvalue weighted by atomic mass is 10.2. The van der Waals surface area contributed by atoms with E-state index < -0.39 is 11.7 Å². The maximum Gasteiger partial charge on any atom is 0.274 e. The molecule has 1 aromatic heterocycles. The number of hydrazone groups is 1. The number of benzene rings is 2. The molecule has 0 atom stereocenters. The number of aromatic nitrogens is 1. The first-order valence-electron chi connectivity index (χ1n) is 8.00. The van der Waals surface area contributed by atoms with Crippen LogP contribution in [0.2, 0.25) is 0 Å². The Morgan fingerprint density at radius 3 is 2.54 bits per heavy atom. The highest BCUT2D eigenvalue weighted by atomic mass is 79.9. The highest BCUT2D eigenvalue weighted by Crippen LogP contribution is 2.21. The molecule has 1 amide bonds. The summed E-state index contributed by atoms with van der Waals surface area (Å²) < 4.78 is 16.7. The first kappa shape index (κ1) is 18.1. The molecule has 2 aromatic carbocycles. The number of amides is 1. The van der Waals surface area contributed by atoms with Gasteiger partial charge in [0.1, 0.15) is 5.82 Å². The number of aryl methyl sites for hydroxylation is 1. The molecule has 0 aliphatic carbocycles. The SMILES string of the molecule is Cc1cc(/C=N\NC(=O)c2ccccc2F)c(C)n1-c1ccc(Br)cc1. The molecule has 6 heteroatoms. The van der Waals surface area contributed by atoms with E-state index in [1.165, 1.54) is 18.2 Å². The van der Waals surface area contributed by atoms with E-state index in [0.29, 0.717) is 0 Å². The molecule has 0 spiro atoms. The van der Waals surface area contributed by atoms with Crippen molar-refractivity contribution in [3.8, 4) is 5.69 Å². The van der Waals surface area contributed by atoms with Gasteiger partial charge in [-0.05, 0) is 56.3 Å². The molecule has 3 rings (SSSR count). The maximum atomic E-state index is 13.6. The monoisotopic (exact) mass is 413 g/mol. The Bertz CT molecular complexity index is 977. The van der Waals surface area contributed by atoms with Crippen molar-refractivity contribution in [3.63, 3.8) is 0 Å². The second kappa shape index (κ2) is 7.66. The first-order chi connectivity index (χ1) is 12.5. The number of hydrogen-bond acceptors (Lipinski definition) is 2. The van der Waals surface area contributed by atoms with Gasteiger partial charge in [-0.1, -0.05) is 28.1 Å². The molecule has 0 unspecified atom stereocenters. The smallest absolute Gasteiger partial charge is 0.274 e. The molecule has 26 heavy (non-hydrogen) atoms. The lowest BCUT2D eigenvalue weighted by Crippen LogP contribution is -2.18. The topological polar surface area (TPSA) is 46.4 Å². The minimum absolute atomic E-state index is 0.0371. The zero-order valence-corrected chi connectivity index (χ0v) is 15.9. The van der Waals surface area contributed by atoms with Crippen molar-refractivity contribution in [2.45, 2.75) is 13.8 Å². The van der Waals surface area contributed by atoms with Crippen molar-refractivity contribution in [3.05, 3.63) is 87.4 Å². The quantitative estimate of drug-likeness (QED) is 0.486. The van der Waals surface area contributed by atoms with Crippen LogP contribution in [0.15, 0.2) is 64.2 Å². The molecule has 0 saturated heterocycles. The average Bonchev–Trinajstić information content (AvgIpc) is 2.90. The average molecular weight is 414 g/mol. The van der Waals surface area contributed by atoms with Crippen molar-refractivity contribution in [1.29, 1.82) is 0 Å². The van der Waals surface area contributed by atoms with E-state index in [1.807, 2.05) is 44.2 Å². The normalized spacial score (nSPS) is 11.1. The molecular formula is C20H17BrFN3O. The second-order valence-corrected chi connectivity index (χ2v) is 6.73. The molecule has 132 valence electrons. The van der Waals surface area contributed by atoms with Crippen molar-refractivity contribution < 1.29 is 9.18 Å². The van der Waals surface area contributed by atoms with E-state index in [4.69, 9.17) is 0 Å². The van der Waals surface area contributed by atoms with E-state index in [0.717, 1.165) is 27.1 Å². The summed E-state index contributed by atoms with van der Waals surface area (Å²) in [6.07, 6.45) is 1.57. The van der Waals surface area contributed by atoms with Gasteiger partial charge in [0.25, 0.3) is 5.91 Å². The van der Waals surface area contributed by atoms with Gasteiger partial charge in [0.05, 0.1) is 11.8 Å². The van der Waals surface area contributed by atoms with Crippen LogP contribution in [0, 0.1) is 19.7 Å². The van der Waals surface area contributed by atoms with Crippen LogP contribution in [0.1, 0.15) is 27.3 Å². The predicted octanol–water partition coefficient (Wildman–Crippen LogP) is 4.76. The summed E-state index contributed by atoms with van der Waals surface area (Å²) in [7, 11) is 0. The zero-order valence-electron chi connectivity index (χ0n) is 14.3. The van der Waals surface area contributed by atoms with E-state index in [9.17, 15) is 9.18 Å². The summed E-state index contributed by atoms with van der Waals surface area (Å²) in [5.74, 6) is -1.16. The maximum absolute atomic E-state index is 13.6. The fraction of sp³-hybridized carbons (Fsp3) is 0.100. The lowest BCUT2D eigenvalue weighted by Gasteiger charge is -2.09. The summed E-state index contributed by atoms with van der Waals surface area (Å²) in [6.45, 7) is 3.99. The minimum Gasteiger partial charge on any atom is -0.318 e. The van der Waals surface area contributed by atoms with Gasteiger partial charge in [-0.25, -0.2) is 9.82 Å². The zero-order chi connectivity index (χ0) is 18.7. The summed E-state index contributed by atoms with van der Waals surface area (Å²) in [4.78, 5) is 12.0. The van der Waals surface area contributed by atoms with E-state index in [1.54, 1.807) is 12.3 Å². The summed E-state index contributed by atoms with van der Waals surface area (Å²) in [5.41, 5.74) is 6.29. The summed E-state index contributed by atoms with van der Waals surface area (Å²) in [5, 5.41) is 3.97. The van der Waals surface area contributed by atoms with Crippen molar-refractivity contribution in [2.75, 3.05) is 0 Å². The predicted molar refractivity (Wildman–Crippen MR) is 104 cm³/mol. The van der Waals surface area contributed by atoms with Gasteiger partial charge < -0.3 is 4.57 Å². The molecule has 0 fully saturated rings. The van der Waals surface area contributed by atoms with Crippen LogP contribution >= 0.6 is 15.9 Å². The Balaban J connectivity index is 1.79. The minimum atomic E-state index is -0.582. The highest BCUT2D eigenvalue weighted by Gasteiger charge is 2.11. The fourth-order valence-corrected chi connectivity index (χ4v) is 3.04. The van der Waals surface area contributed by atoms with Gasteiger partial charge in [0.2, 0.25) is 0 Å². The molecule has 0 radical (unpaired) electrons. The third-order valence-corrected chi connectivity index (χ3v) is 4.57. The molecule has 3 aromatic rings. The molecule has 0 aliphatic heterocycles. The van der Waals surface area contributed by atoms with Crippen LogP contribution < -0.4 is 5.43 Å². The van der Waals surface area contributed by atoms with Crippen LogP contribution in [0.4, 0.5) is 4.39 Å². The van der Waals surface area contributed by atoms with E-state index in [-0.39, 0.29) is 5.56 Å². The van der Waals surface area contributed by atoms with Crippen LogP contribution in [0.25, 0.3) is 5.69 Å². The number of nitrogens with one attached hydrogen (secondary N) is 1. The molecule has 1 heterocycles. The van der Waals surface area contributed by atoms with Crippen LogP contribution in [-0.2, 0) is 0 Å². The number of hydrogen-bond donors (Lipinski definition) is 1. The Morgan fingerprint density at radius 2 is 1.85 bits per heavy atom. The van der Waals surface area contributed by atoms with E-state index in [2.05, 4.69) is 31.0 Å². The Hall–Kier alpha value is -2.73. The second-order valence-electron chi connectivity index (χ2n) is 5.82. The number of carbonyl (C=O) groups excluding carboxylic acids is 1. The molecule has 0 saturated carbocycles. The van der Waals surface area contributed by atoms with Crippen LogP contribution in [0.3, 0.4) is 0 Å². The van der Waals surface area contributed by atoms with Crippen molar-refractivity contribution >= 4 is 28.1 Å². The number of carbonyl (C=O) groups is 1. The standard InChI is InChI=1S/C20H17BrFN3O/c1-13-11-15(14(2)25(13)17-9-7-16(21)8-10-17)12-23-24-20(26)18-5-3-4-6-19(18)22/h3-12H,1-2H3,(H,24,26)/b23-12-. The Kier molecular flexibility index (Phi) is 5.32. The molecule has 0 aliphatic rings. The van der Waals surface area contributed by atoms with Crippen molar-refractivity contribution in [1.82, 2.24) is 9.99 Å². The Labute approximate surface area is 159 Å². The fourth-order valence-electron chi connectivity index (χ4n) is 2.77. The number of rotatable bonds is 4. The molecule has 1 N–H and O–H groups in total. The molecule has 0 bridgehead atoms. The van der Waals surface area contributed by atoms with Gasteiger partial charge in [0, 0.05) is 27.1 Å². The van der Waals surface area contributed by atoms with Gasteiger partial charge in [-0.3, -0.25) is 4.79 Å². The van der Waals surface area contributed by atoms with Crippen LogP contribution in [-0.4, -0.2) is 16.7 Å². The lowest BCUT2D eigenvalue weighted by molar-refractivity contribution is 0.0951. The highest BCUT2D eigenvalue weighted by molar-refractivity contribution is 9.10.